The fraction of sp³-hybridized carbons (Fsp3) is 0.200. The number of hydrazine groups is 1. The minimum Gasteiger partial charge on any atom is -0.271 e. The number of halogens is 2. The number of hydrogen-bond acceptors (Lipinski definition) is 2. The maximum Gasteiger partial charge on any atom is 0.129 e. The van der Waals surface area contributed by atoms with Gasteiger partial charge >= 0.3 is 0 Å². The standard InChI is InChI=1S/C15H16BrFN2/c1-10-5-2-3-6-11(10)9-14(19-18)15-12(16)7-4-8-13(15)17/h2-8,14,19H,9,18H2,1H3. The van der Waals surface area contributed by atoms with E-state index in [0.29, 0.717) is 12.0 Å². The van der Waals surface area contributed by atoms with Crippen molar-refractivity contribution in [3.05, 3.63) is 69.4 Å². The summed E-state index contributed by atoms with van der Waals surface area (Å²) in [5.74, 6) is 5.34. The largest absolute Gasteiger partial charge is 0.271 e. The number of aryl methyl sites for hydroxylation is 1. The Bertz CT molecular complexity index is 552. The van der Waals surface area contributed by atoms with Crippen LogP contribution in [0.1, 0.15) is 22.7 Å². The average molecular weight is 323 g/mol. The fourth-order valence-corrected chi connectivity index (χ4v) is 2.77. The molecular weight excluding hydrogens is 307 g/mol. The first kappa shape index (κ1) is 14.2. The van der Waals surface area contributed by atoms with Crippen LogP contribution >= 0.6 is 15.9 Å². The zero-order valence-corrected chi connectivity index (χ0v) is 12.2. The van der Waals surface area contributed by atoms with E-state index in [9.17, 15) is 4.39 Å². The van der Waals surface area contributed by atoms with E-state index < -0.39 is 0 Å². The first-order chi connectivity index (χ1) is 9.13. The van der Waals surface area contributed by atoms with E-state index >= 15 is 0 Å². The quantitative estimate of drug-likeness (QED) is 0.666. The molecule has 0 aromatic heterocycles. The SMILES string of the molecule is Cc1ccccc1CC(NN)c1c(F)cccc1Br. The molecular formula is C15H16BrFN2. The summed E-state index contributed by atoms with van der Waals surface area (Å²) in [5.41, 5.74) is 5.60. The second-order valence-electron chi connectivity index (χ2n) is 4.49. The van der Waals surface area contributed by atoms with Gasteiger partial charge in [-0.3, -0.25) is 11.3 Å². The van der Waals surface area contributed by atoms with Crippen LogP contribution in [-0.2, 0) is 6.42 Å². The third-order valence-corrected chi connectivity index (χ3v) is 3.93. The molecule has 0 aliphatic heterocycles. The molecule has 0 saturated carbocycles. The van der Waals surface area contributed by atoms with E-state index in [0.717, 1.165) is 10.0 Å². The van der Waals surface area contributed by atoms with Crippen LogP contribution in [0.15, 0.2) is 46.9 Å². The highest BCUT2D eigenvalue weighted by molar-refractivity contribution is 9.10. The highest BCUT2D eigenvalue weighted by Crippen LogP contribution is 2.28. The molecule has 2 aromatic carbocycles. The number of hydrogen-bond donors (Lipinski definition) is 2. The van der Waals surface area contributed by atoms with Crippen LogP contribution in [0.5, 0.6) is 0 Å². The zero-order chi connectivity index (χ0) is 13.8. The van der Waals surface area contributed by atoms with E-state index in [1.54, 1.807) is 6.07 Å². The van der Waals surface area contributed by atoms with Gasteiger partial charge in [-0.1, -0.05) is 46.3 Å². The lowest BCUT2D eigenvalue weighted by Crippen LogP contribution is -2.30. The molecule has 100 valence electrons. The summed E-state index contributed by atoms with van der Waals surface area (Å²) in [6, 6.07) is 12.7. The third-order valence-electron chi connectivity index (χ3n) is 3.23. The van der Waals surface area contributed by atoms with Crippen LogP contribution in [0, 0.1) is 12.7 Å². The average Bonchev–Trinajstić information content (AvgIpc) is 2.39. The first-order valence-electron chi connectivity index (χ1n) is 6.08. The van der Waals surface area contributed by atoms with Gasteiger partial charge in [-0.2, -0.15) is 0 Å². The molecule has 0 spiro atoms. The molecule has 0 fully saturated rings. The van der Waals surface area contributed by atoms with Crippen LogP contribution in [0.2, 0.25) is 0 Å². The van der Waals surface area contributed by atoms with Crippen LogP contribution in [0.4, 0.5) is 4.39 Å². The smallest absolute Gasteiger partial charge is 0.129 e. The van der Waals surface area contributed by atoms with Gasteiger partial charge in [0.25, 0.3) is 0 Å². The normalized spacial score (nSPS) is 12.4. The summed E-state index contributed by atoms with van der Waals surface area (Å²) in [6.45, 7) is 2.04. The van der Waals surface area contributed by atoms with Crippen molar-refractivity contribution in [1.82, 2.24) is 5.43 Å². The van der Waals surface area contributed by atoms with Gasteiger partial charge in [-0.15, -0.1) is 0 Å². The molecule has 0 saturated heterocycles. The van der Waals surface area contributed by atoms with Gasteiger partial charge in [0.2, 0.25) is 0 Å². The lowest BCUT2D eigenvalue weighted by atomic mass is 9.96. The van der Waals surface area contributed by atoms with E-state index in [4.69, 9.17) is 5.84 Å². The minimum atomic E-state index is -0.267. The van der Waals surface area contributed by atoms with E-state index in [1.807, 2.05) is 37.3 Å². The Kier molecular flexibility index (Phi) is 4.69. The van der Waals surface area contributed by atoms with Crippen molar-refractivity contribution in [2.45, 2.75) is 19.4 Å². The zero-order valence-electron chi connectivity index (χ0n) is 10.7. The van der Waals surface area contributed by atoms with Gasteiger partial charge in [-0.05, 0) is 36.6 Å². The van der Waals surface area contributed by atoms with E-state index in [1.165, 1.54) is 11.6 Å². The van der Waals surface area contributed by atoms with Gasteiger partial charge in [0.05, 0.1) is 6.04 Å². The summed E-state index contributed by atoms with van der Waals surface area (Å²) in [7, 11) is 0. The molecule has 19 heavy (non-hydrogen) atoms. The first-order valence-corrected chi connectivity index (χ1v) is 6.87. The molecule has 0 bridgehead atoms. The second-order valence-corrected chi connectivity index (χ2v) is 5.34. The molecule has 0 aliphatic rings. The summed E-state index contributed by atoms with van der Waals surface area (Å²) < 4.78 is 14.7. The Morgan fingerprint density at radius 3 is 2.58 bits per heavy atom. The number of nitrogens with two attached hydrogens (primary N) is 1. The van der Waals surface area contributed by atoms with Crippen molar-refractivity contribution in [2.75, 3.05) is 0 Å². The van der Waals surface area contributed by atoms with Gasteiger partial charge in [-0.25, -0.2) is 4.39 Å². The van der Waals surface area contributed by atoms with Crippen LogP contribution in [0.3, 0.4) is 0 Å². The maximum atomic E-state index is 14.0. The molecule has 2 aromatic rings. The summed E-state index contributed by atoms with van der Waals surface area (Å²) >= 11 is 3.38. The minimum absolute atomic E-state index is 0.258. The molecule has 1 unspecified atom stereocenters. The second kappa shape index (κ2) is 6.28. The van der Waals surface area contributed by atoms with Crippen molar-refractivity contribution >= 4 is 15.9 Å². The molecule has 0 aliphatic carbocycles. The lowest BCUT2D eigenvalue weighted by Gasteiger charge is -2.19. The maximum absolute atomic E-state index is 14.0. The predicted octanol–water partition coefficient (Wildman–Crippen LogP) is 3.64. The number of nitrogens with one attached hydrogen (secondary N) is 1. The van der Waals surface area contributed by atoms with Crippen molar-refractivity contribution in [3.8, 4) is 0 Å². The van der Waals surface area contributed by atoms with Crippen molar-refractivity contribution in [3.63, 3.8) is 0 Å². The molecule has 0 radical (unpaired) electrons. The van der Waals surface area contributed by atoms with E-state index in [2.05, 4.69) is 21.4 Å². The summed E-state index contributed by atoms with van der Waals surface area (Å²) in [5, 5.41) is 0. The van der Waals surface area contributed by atoms with Gasteiger partial charge in [0, 0.05) is 10.0 Å². The lowest BCUT2D eigenvalue weighted by molar-refractivity contribution is 0.507. The molecule has 4 heteroatoms. The summed E-state index contributed by atoms with van der Waals surface area (Å²) in [6.07, 6.45) is 0.642. The highest BCUT2D eigenvalue weighted by Gasteiger charge is 2.18. The third kappa shape index (κ3) is 3.21. The van der Waals surface area contributed by atoms with E-state index in [-0.39, 0.29) is 11.9 Å². The van der Waals surface area contributed by atoms with Gasteiger partial charge in [0.1, 0.15) is 5.82 Å². The van der Waals surface area contributed by atoms with Crippen molar-refractivity contribution in [2.24, 2.45) is 5.84 Å². The van der Waals surface area contributed by atoms with Gasteiger partial charge < -0.3 is 0 Å². The Hall–Kier alpha value is -1.23. The van der Waals surface area contributed by atoms with Crippen LogP contribution in [-0.4, -0.2) is 0 Å². The topological polar surface area (TPSA) is 38.0 Å². The Labute approximate surface area is 120 Å². The molecule has 1 atom stereocenters. The number of benzene rings is 2. The highest BCUT2D eigenvalue weighted by atomic mass is 79.9. The van der Waals surface area contributed by atoms with Crippen LogP contribution in [0.25, 0.3) is 0 Å². The summed E-state index contributed by atoms with van der Waals surface area (Å²) in [4.78, 5) is 0. The Morgan fingerprint density at radius 1 is 1.21 bits per heavy atom. The molecule has 0 amide bonds. The van der Waals surface area contributed by atoms with Crippen molar-refractivity contribution < 1.29 is 4.39 Å². The van der Waals surface area contributed by atoms with Crippen molar-refractivity contribution in [1.29, 1.82) is 0 Å². The molecule has 2 rings (SSSR count). The van der Waals surface area contributed by atoms with Crippen LogP contribution < -0.4 is 11.3 Å². The molecule has 3 N–H and O–H groups in total. The Balaban J connectivity index is 2.34. The molecule has 2 nitrogen and oxygen atoms in total. The number of rotatable bonds is 4. The predicted molar refractivity (Wildman–Crippen MR) is 79.0 cm³/mol. The fourth-order valence-electron chi connectivity index (χ4n) is 2.15. The molecule has 0 heterocycles. The monoisotopic (exact) mass is 322 g/mol. The Morgan fingerprint density at radius 2 is 1.95 bits per heavy atom. The van der Waals surface area contributed by atoms with Gasteiger partial charge in [0.15, 0.2) is 0 Å².